The number of benzene rings is 2. The third-order valence-electron chi connectivity index (χ3n) is 4.85. The number of hydrogen-bond acceptors (Lipinski definition) is 8. The molecule has 190 valence electrons. The number of hydrogen-bond donors (Lipinski definition) is 2. The molecule has 12 heteroatoms. The molecule has 1 aliphatic heterocycles. The molecular weight excluding hydrogens is 585 g/mol. The number of urea groups is 1. The number of para-hydroxylation sites is 2. The van der Waals surface area contributed by atoms with Crippen LogP contribution < -0.4 is 24.8 Å². The zero-order chi connectivity index (χ0) is 26.2. The summed E-state index contributed by atoms with van der Waals surface area (Å²) in [6.45, 7) is 1.34. The van der Waals surface area contributed by atoms with Gasteiger partial charge in [0.05, 0.1) is 30.1 Å². The van der Waals surface area contributed by atoms with E-state index in [1.54, 1.807) is 43.3 Å². The summed E-state index contributed by atoms with van der Waals surface area (Å²) in [7, 11) is 2.73. The van der Waals surface area contributed by atoms with Crippen molar-refractivity contribution < 1.29 is 38.1 Å². The van der Waals surface area contributed by atoms with Crippen molar-refractivity contribution in [3.63, 3.8) is 0 Å². The van der Waals surface area contributed by atoms with Gasteiger partial charge in [-0.1, -0.05) is 12.1 Å². The molecular formula is C24H24IN3O8. The zero-order valence-corrected chi connectivity index (χ0v) is 21.9. The zero-order valence-electron chi connectivity index (χ0n) is 19.8. The molecule has 2 aromatic rings. The van der Waals surface area contributed by atoms with Gasteiger partial charge in [-0.3, -0.25) is 9.59 Å². The van der Waals surface area contributed by atoms with Crippen molar-refractivity contribution >= 4 is 58.2 Å². The quantitative estimate of drug-likeness (QED) is 0.182. The van der Waals surface area contributed by atoms with Crippen molar-refractivity contribution in [2.45, 2.75) is 6.92 Å². The second kappa shape index (κ2) is 12.2. The smallest absolute Gasteiger partial charge is 0.343 e. The minimum atomic E-state index is -0.723. The van der Waals surface area contributed by atoms with Crippen LogP contribution in [0.15, 0.2) is 42.1 Å². The van der Waals surface area contributed by atoms with Crippen LogP contribution in [-0.4, -0.2) is 62.7 Å². The number of amides is 4. The van der Waals surface area contributed by atoms with Gasteiger partial charge in [-0.15, -0.1) is 0 Å². The third-order valence-corrected chi connectivity index (χ3v) is 5.65. The number of rotatable bonds is 10. The molecule has 0 bridgehead atoms. The molecule has 0 spiro atoms. The molecule has 0 aromatic heterocycles. The molecule has 0 saturated carbocycles. The van der Waals surface area contributed by atoms with E-state index in [1.165, 1.54) is 20.3 Å². The summed E-state index contributed by atoms with van der Waals surface area (Å²) in [5.41, 5.74) is 0.948. The van der Waals surface area contributed by atoms with E-state index in [0.717, 1.165) is 4.90 Å². The Morgan fingerprint density at radius 3 is 2.56 bits per heavy atom. The van der Waals surface area contributed by atoms with Gasteiger partial charge in [0.15, 0.2) is 18.1 Å². The van der Waals surface area contributed by atoms with Crippen LogP contribution in [0.3, 0.4) is 0 Å². The summed E-state index contributed by atoms with van der Waals surface area (Å²) >= 11 is 2.01. The number of methoxy groups -OCH3 is 2. The predicted molar refractivity (Wildman–Crippen MR) is 138 cm³/mol. The Labute approximate surface area is 220 Å². The molecule has 1 heterocycles. The van der Waals surface area contributed by atoms with E-state index in [9.17, 15) is 19.2 Å². The van der Waals surface area contributed by atoms with Gasteiger partial charge in [-0.05, 0) is 65.4 Å². The van der Waals surface area contributed by atoms with E-state index in [1.807, 2.05) is 22.6 Å². The van der Waals surface area contributed by atoms with Crippen LogP contribution >= 0.6 is 22.6 Å². The van der Waals surface area contributed by atoms with Gasteiger partial charge in [0.2, 0.25) is 5.91 Å². The molecule has 3 rings (SSSR count). The summed E-state index contributed by atoms with van der Waals surface area (Å²) in [5, 5.41) is 5.12. The lowest BCUT2D eigenvalue weighted by molar-refractivity contribution is -0.143. The molecule has 1 fully saturated rings. The first kappa shape index (κ1) is 26.8. The Hall–Kier alpha value is -3.81. The Morgan fingerprint density at radius 2 is 1.86 bits per heavy atom. The first-order valence-electron chi connectivity index (χ1n) is 10.7. The highest BCUT2D eigenvalue weighted by atomic mass is 127. The summed E-state index contributed by atoms with van der Waals surface area (Å²) < 4.78 is 21.6. The van der Waals surface area contributed by atoms with Gasteiger partial charge < -0.3 is 29.6 Å². The molecule has 11 nitrogen and oxygen atoms in total. The standard InChI is InChI=1S/C24H24IN3O8/c1-4-35-19-11-14(9-15(25)22(19)36-13-21(30)34-3)10-17-23(31)28(24(32)27-17)12-20(29)26-16-7-5-6-8-18(16)33-2/h5-11H,4,12-13H2,1-3H3,(H,26,29)(H,27,32)/b17-10+. The summed E-state index contributed by atoms with van der Waals surface area (Å²) in [4.78, 5) is 50.0. The number of ether oxygens (including phenoxy) is 4. The number of nitrogens with zero attached hydrogens (tertiary/aromatic N) is 1. The number of halogens is 1. The molecule has 2 N–H and O–H groups in total. The second-order valence-corrected chi connectivity index (χ2v) is 8.42. The van der Waals surface area contributed by atoms with Crippen molar-refractivity contribution in [2.24, 2.45) is 0 Å². The molecule has 36 heavy (non-hydrogen) atoms. The molecule has 0 unspecified atom stereocenters. The highest BCUT2D eigenvalue weighted by Crippen LogP contribution is 2.35. The van der Waals surface area contributed by atoms with E-state index in [-0.39, 0.29) is 12.3 Å². The maximum absolute atomic E-state index is 12.9. The van der Waals surface area contributed by atoms with Crippen LogP contribution in [0.1, 0.15) is 12.5 Å². The van der Waals surface area contributed by atoms with Crippen molar-refractivity contribution in [1.29, 1.82) is 0 Å². The lowest BCUT2D eigenvalue weighted by atomic mass is 10.1. The minimum absolute atomic E-state index is 0.00781. The Balaban J connectivity index is 1.77. The van der Waals surface area contributed by atoms with Crippen LogP contribution in [0.2, 0.25) is 0 Å². The normalized spacial score (nSPS) is 13.9. The maximum atomic E-state index is 12.9. The maximum Gasteiger partial charge on any atom is 0.343 e. The predicted octanol–water partition coefficient (Wildman–Crippen LogP) is 2.78. The van der Waals surface area contributed by atoms with Gasteiger partial charge in [0, 0.05) is 0 Å². The average Bonchev–Trinajstić information content (AvgIpc) is 3.11. The molecule has 0 aliphatic carbocycles. The number of carbonyl (C=O) groups excluding carboxylic acids is 4. The van der Waals surface area contributed by atoms with Crippen LogP contribution in [0.25, 0.3) is 6.08 Å². The largest absolute Gasteiger partial charge is 0.495 e. The molecule has 4 amide bonds. The van der Waals surface area contributed by atoms with Gasteiger partial charge in [-0.25, -0.2) is 14.5 Å². The van der Waals surface area contributed by atoms with Crippen molar-refractivity contribution in [1.82, 2.24) is 10.2 Å². The first-order chi connectivity index (χ1) is 17.3. The highest BCUT2D eigenvalue weighted by Gasteiger charge is 2.35. The van der Waals surface area contributed by atoms with E-state index >= 15 is 0 Å². The minimum Gasteiger partial charge on any atom is -0.495 e. The highest BCUT2D eigenvalue weighted by molar-refractivity contribution is 14.1. The topological polar surface area (TPSA) is 132 Å². The fourth-order valence-electron chi connectivity index (χ4n) is 3.23. The van der Waals surface area contributed by atoms with Crippen molar-refractivity contribution in [3.8, 4) is 17.2 Å². The number of nitrogens with one attached hydrogen (secondary N) is 2. The SMILES string of the molecule is CCOc1cc(/C=C2/NC(=O)N(CC(=O)Nc3ccccc3OC)C2=O)cc(I)c1OCC(=O)OC. The molecule has 1 aliphatic rings. The number of carbonyl (C=O) groups is 4. The lowest BCUT2D eigenvalue weighted by Gasteiger charge is -2.14. The Bertz CT molecular complexity index is 1210. The van der Waals surface area contributed by atoms with E-state index in [2.05, 4.69) is 15.4 Å². The molecule has 1 saturated heterocycles. The van der Waals surface area contributed by atoms with Crippen molar-refractivity contribution in [3.05, 3.63) is 51.2 Å². The van der Waals surface area contributed by atoms with Gasteiger partial charge >= 0.3 is 12.0 Å². The summed E-state index contributed by atoms with van der Waals surface area (Å²) in [6, 6.07) is 9.37. The average molecular weight is 609 g/mol. The van der Waals surface area contributed by atoms with Gasteiger partial charge in [0.1, 0.15) is 18.0 Å². The molecule has 2 aromatic carbocycles. The van der Waals surface area contributed by atoms with Crippen LogP contribution in [0.5, 0.6) is 17.2 Å². The fraction of sp³-hybridized carbons (Fsp3) is 0.250. The third kappa shape index (κ3) is 6.44. The van der Waals surface area contributed by atoms with Crippen LogP contribution in [0.4, 0.5) is 10.5 Å². The van der Waals surface area contributed by atoms with E-state index in [0.29, 0.717) is 38.7 Å². The Kier molecular flexibility index (Phi) is 9.11. The van der Waals surface area contributed by atoms with E-state index in [4.69, 9.17) is 14.2 Å². The monoisotopic (exact) mass is 609 g/mol. The lowest BCUT2D eigenvalue weighted by Crippen LogP contribution is -2.38. The molecule has 0 radical (unpaired) electrons. The second-order valence-electron chi connectivity index (χ2n) is 7.26. The van der Waals surface area contributed by atoms with Gasteiger partial charge in [-0.2, -0.15) is 0 Å². The fourth-order valence-corrected chi connectivity index (χ4v) is 4.01. The summed E-state index contributed by atoms with van der Waals surface area (Å²) in [6.07, 6.45) is 1.47. The number of anilines is 1. The summed E-state index contributed by atoms with van der Waals surface area (Å²) in [5.74, 6) is -0.624. The van der Waals surface area contributed by atoms with E-state index < -0.39 is 30.4 Å². The van der Waals surface area contributed by atoms with Crippen LogP contribution in [-0.2, 0) is 19.1 Å². The Morgan fingerprint density at radius 1 is 1.11 bits per heavy atom. The number of imide groups is 1. The van der Waals surface area contributed by atoms with Gasteiger partial charge in [0.25, 0.3) is 5.91 Å². The van der Waals surface area contributed by atoms with Crippen LogP contribution in [0, 0.1) is 3.57 Å². The van der Waals surface area contributed by atoms with Crippen molar-refractivity contribution in [2.75, 3.05) is 39.3 Å². The molecule has 0 atom stereocenters. The first-order valence-corrected chi connectivity index (χ1v) is 11.8. The number of esters is 1.